The molecule has 134 valence electrons. The zero-order valence-corrected chi connectivity index (χ0v) is 15.8. The van der Waals surface area contributed by atoms with E-state index in [4.69, 9.17) is 0 Å². The van der Waals surface area contributed by atoms with Gasteiger partial charge in [0.15, 0.2) is 0 Å². The zero-order valence-electron chi connectivity index (χ0n) is 15.0. The minimum atomic E-state index is 0.330. The van der Waals surface area contributed by atoms with Crippen molar-refractivity contribution in [1.29, 1.82) is 0 Å². The Hall–Kier alpha value is -0.910. The molecular formula is C19H31N3OS. The monoisotopic (exact) mass is 349 g/mol. The van der Waals surface area contributed by atoms with Crippen LogP contribution in [0.1, 0.15) is 48.8 Å². The van der Waals surface area contributed by atoms with Crippen LogP contribution in [0.2, 0.25) is 0 Å². The number of nitrogens with zero attached hydrogens (tertiary/aromatic N) is 3. The summed E-state index contributed by atoms with van der Waals surface area (Å²) in [6, 6.07) is 4.60. The van der Waals surface area contributed by atoms with Gasteiger partial charge in [-0.25, -0.2) is 0 Å². The largest absolute Gasteiger partial charge is 0.341 e. The van der Waals surface area contributed by atoms with Crippen molar-refractivity contribution in [3.8, 4) is 0 Å². The number of rotatable bonds is 6. The zero-order chi connectivity index (χ0) is 16.8. The molecule has 1 aromatic rings. The van der Waals surface area contributed by atoms with Crippen molar-refractivity contribution in [2.75, 3.05) is 39.3 Å². The van der Waals surface area contributed by atoms with Crippen molar-refractivity contribution in [3.05, 3.63) is 21.9 Å². The first-order valence-corrected chi connectivity index (χ1v) is 10.4. The molecule has 0 radical (unpaired) electrons. The van der Waals surface area contributed by atoms with Crippen LogP contribution in [0.3, 0.4) is 0 Å². The summed E-state index contributed by atoms with van der Waals surface area (Å²) in [5.41, 5.74) is 0. The summed E-state index contributed by atoms with van der Waals surface area (Å²) >= 11 is 1.96. The maximum atomic E-state index is 12.1. The lowest BCUT2D eigenvalue weighted by Gasteiger charge is -2.25. The fourth-order valence-corrected chi connectivity index (χ4v) is 4.83. The van der Waals surface area contributed by atoms with Gasteiger partial charge in [-0.1, -0.05) is 13.3 Å². The molecule has 0 atom stereocenters. The number of hydrogen-bond acceptors (Lipinski definition) is 4. The van der Waals surface area contributed by atoms with Crippen molar-refractivity contribution in [2.24, 2.45) is 0 Å². The molecule has 5 heteroatoms. The van der Waals surface area contributed by atoms with E-state index in [1.807, 2.05) is 16.2 Å². The molecule has 1 amide bonds. The second kappa shape index (κ2) is 8.97. The van der Waals surface area contributed by atoms with E-state index >= 15 is 0 Å². The summed E-state index contributed by atoms with van der Waals surface area (Å²) < 4.78 is 0. The number of hydrogen-bond donors (Lipinski definition) is 0. The molecular weight excluding hydrogens is 318 g/mol. The van der Waals surface area contributed by atoms with Gasteiger partial charge in [0, 0.05) is 55.4 Å². The first-order valence-electron chi connectivity index (χ1n) is 9.54. The van der Waals surface area contributed by atoms with E-state index in [0.717, 1.165) is 45.7 Å². The Morgan fingerprint density at radius 2 is 1.58 bits per heavy atom. The lowest BCUT2D eigenvalue weighted by atomic mass is 10.1. The van der Waals surface area contributed by atoms with Crippen molar-refractivity contribution < 1.29 is 4.79 Å². The topological polar surface area (TPSA) is 26.8 Å². The molecule has 3 rings (SSSR count). The third kappa shape index (κ3) is 5.04. The van der Waals surface area contributed by atoms with Gasteiger partial charge in [-0.2, -0.15) is 0 Å². The van der Waals surface area contributed by atoms with Crippen molar-refractivity contribution in [2.45, 2.75) is 52.1 Å². The second-order valence-corrected chi connectivity index (χ2v) is 8.36. The summed E-state index contributed by atoms with van der Waals surface area (Å²) in [5, 5.41) is 0. The molecule has 0 bridgehead atoms. The van der Waals surface area contributed by atoms with E-state index in [-0.39, 0.29) is 0 Å². The molecule has 24 heavy (non-hydrogen) atoms. The van der Waals surface area contributed by atoms with Crippen molar-refractivity contribution in [1.82, 2.24) is 14.7 Å². The molecule has 2 aliphatic rings. The standard InChI is InChI=1S/C19H31N3OS/c1-2-9-22-14-13-21(12-8-19(22)23)16-18-7-6-17(24-18)15-20-10-4-3-5-11-20/h6-7H,2-5,8-16H2,1H3. The Balaban J connectivity index is 1.50. The van der Waals surface area contributed by atoms with E-state index < -0.39 is 0 Å². The van der Waals surface area contributed by atoms with Gasteiger partial charge in [0.2, 0.25) is 5.91 Å². The van der Waals surface area contributed by atoms with E-state index in [1.165, 1.54) is 42.1 Å². The third-order valence-corrected chi connectivity index (χ3v) is 6.15. The van der Waals surface area contributed by atoms with Gasteiger partial charge in [0.05, 0.1) is 0 Å². The molecule has 1 aromatic heterocycles. The van der Waals surface area contributed by atoms with E-state index in [0.29, 0.717) is 12.3 Å². The number of piperidine rings is 1. The molecule has 0 aromatic carbocycles. The highest BCUT2D eigenvalue weighted by Gasteiger charge is 2.20. The lowest BCUT2D eigenvalue weighted by molar-refractivity contribution is -0.130. The molecule has 2 saturated heterocycles. The minimum Gasteiger partial charge on any atom is -0.341 e. The molecule has 0 spiro atoms. The van der Waals surface area contributed by atoms with Gasteiger partial charge < -0.3 is 4.90 Å². The Morgan fingerprint density at radius 1 is 0.917 bits per heavy atom. The fourth-order valence-electron chi connectivity index (χ4n) is 3.73. The van der Waals surface area contributed by atoms with Crippen LogP contribution in [0.25, 0.3) is 0 Å². The summed E-state index contributed by atoms with van der Waals surface area (Å²) in [4.78, 5) is 22.1. The van der Waals surface area contributed by atoms with Crippen LogP contribution in [0.15, 0.2) is 12.1 Å². The molecule has 2 aliphatic heterocycles. The predicted octanol–water partition coefficient (Wildman–Crippen LogP) is 3.18. The van der Waals surface area contributed by atoms with Crippen LogP contribution < -0.4 is 0 Å². The molecule has 3 heterocycles. The molecule has 0 N–H and O–H groups in total. The summed E-state index contributed by atoms with van der Waals surface area (Å²) in [6.45, 7) is 10.5. The normalized spacial score (nSPS) is 21.2. The molecule has 2 fully saturated rings. The highest BCUT2D eigenvalue weighted by molar-refractivity contribution is 7.11. The lowest BCUT2D eigenvalue weighted by Crippen LogP contribution is -2.33. The Morgan fingerprint density at radius 3 is 2.25 bits per heavy atom. The number of amides is 1. The Kier molecular flexibility index (Phi) is 6.69. The van der Waals surface area contributed by atoms with E-state index in [1.54, 1.807) is 0 Å². The number of thiophene rings is 1. The van der Waals surface area contributed by atoms with E-state index in [2.05, 4.69) is 28.9 Å². The van der Waals surface area contributed by atoms with Crippen molar-refractivity contribution in [3.63, 3.8) is 0 Å². The Labute approximate surface area is 150 Å². The number of likely N-dealkylation sites (tertiary alicyclic amines) is 1. The highest BCUT2D eigenvalue weighted by Crippen LogP contribution is 2.22. The average molecular weight is 350 g/mol. The molecule has 4 nitrogen and oxygen atoms in total. The second-order valence-electron chi connectivity index (χ2n) is 7.11. The molecule has 0 saturated carbocycles. The van der Waals surface area contributed by atoms with Crippen LogP contribution >= 0.6 is 11.3 Å². The van der Waals surface area contributed by atoms with Gasteiger partial charge in [-0.05, 0) is 44.5 Å². The fraction of sp³-hybridized carbons (Fsp3) is 0.737. The van der Waals surface area contributed by atoms with Gasteiger partial charge >= 0.3 is 0 Å². The van der Waals surface area contributed by atoms with Crippen LogP contribution in [-0.4, -0.2) is 59.9 Å². The first-order chi connectivity index (χ1) is 11.7. The minimum absolute atomic E-state index is 0.330. The van der Waals surface area contributed by atoms with Gasteiger partial charge in [-0.15, -0.1) is 11.3 Å². The number of carbonyl (C=O) groups is 1. The predicted molar refractivity (Wildman–Crippen MR) is 100 cm³/mol. The van der Waals surface area contributed by atoms with E-state index in [9.17, 15) is 4.79 Å². The maximum Gasteiger partial charge on any atom is 0.223 e. The highest BCUT2D eigenvalue weighted by atomic mass is 32.1. The van der Waals surface area contributed by atoms with Gasteiger partial charge in [0.25, 0.3) is 0 Å². The summed E-state index contributed by atoms with van der Waals surface area (Å²) in [6.07, 6.45) is 5.83. The summed E-state index contributed by atoms with van der Waals surface area (Å²) in [7, 11) is 0. The van der Waals surface area contributed by atoms with Crippen LogP contribution in [-0.2, 0) is 17.9 Å². The van der Waals surface area contributed by atoms with Gasteiger partial charge in [0.1, 0.15) is 0 Å². The quantitative estimate of drug-likeness (QED) is 0.789. The smallest absolute Gasteiger partial charge is 0.223 e. The first kappa shape index (κ1) is 17.9. The van der Waals surface area contributed by atoms with Crippen molar-refractivity contribution >= 4 is 17.2 Å². The average Bonchev–Trinajstić information content (AvgIpc) is 2.95. The van der Waals surface area contributed by atoms with Crippen LogP contribution in [0.4, 0.5) is 0 Å². The SMILES string of the molecule is CCCN1CCN(Cc2ccc(CN3CCCCC3)s2)CCC1=O. The van der Waals surface area contributed by atoms with Crippen LogP contribution in [0.5, 0.6) is 0 Å². The van der Waals surface area contributed by atoms with Gasteiger partial charge in [-0.3, -0.25) is 14.6 Å². The molecule has 0 unspecified atom stereocenters. The molecule has 0 aliphatic carbocycles. The third-order valence-electron chi connectivity index (χ3n) is 5.10. The van der Waals surface area contributed by atoms with Crippen LogP contribution in [0, 0.1) is 0 Å². The maximum absolute atomic E-state index is 12.1. The number of carbonyl (C=O) groups excluding carboxylic acids is 1. The Bertz CT molecular complexity index is 524. The summed E-state index contributed by atoms with van der Waals surface area (Å²) in [5.74, 6) is 0.330.